The normalized spacial score (nSPS) is 15.6. The summed E-state index contributed by atoms with van der Waals surface area (Å²) < 4.78 is 5.19. The summed E-state index contributed by atoms with van der Waals surface area (Å²) in [6, 6.07) is 8.34. The number of fused-ring (bicyclic) bond motifs is 1. The molecule has 0 saturated carbocycles. The molecule has 2 N–H and O–H groups in total. The van der Waals surface area contributed by atoms with Gasteiger partial charge in [0.25, 0.3) is 0 Å². The minimum absolute atomic E-state index is 0.100. The van der Waals surface area contributed by atoms with Crippen LogP contribution >= 0.6 is 0 Å². The van der Waals surface area contributed by atoms with Gasteiger partial charge in [0.15, 0.2) is 0 Å². The summed E-state index contributed by atoms with van der Waals surface area (Å²) >= 11 is 0. The molecule has 0 fully saturated rings. The van der Waals surface area contributed by atoms with Crippen LogP contribution in [0.2, 0.25) is 0 Å². The molecule has 1 aliphatic heterocycles. The first-order chi connectivity index (χ1) is 9.78. The SMILES string of the molecule is CCNC(c1ccoc1)c1ccc2c(c1)CCC(=O)N2. The average Bonchev–Trinajstić information content (AvgIpc) is 2.98. The number of nitrogens with one attached hydrogen (secondary N) is 2. The highest BCUT2D eigenvalue weighted by Gasteiger charge is 2.19. The maximum Gasteiger partial charge on any atom is 0.224 e. The lowest BCUT2D eigenvalue weighted by molar-refractivity contribution is -0.116. The fourth-order valence-electron chi connectivity index (χ4n) is 2.65. The van der Waals surface area contributed by atoms with E-state index < -0.39 is 0 Å². The number of hydrogen-bond donors (Lipinski definition) is 2. The molecule has 0 aliphatic carbocycles. The minimum atomic E-state index is 0.100. The molecule has 4 heteroatoms. The zero-order valence-electron chi connectivity index (χ0n) is 11.5. The van der Waals surface area contributed by atoms with Crippen molar-refractivity contribution in [3.8, 4) is 0 Å². The maximum absolute atomic E-state index is 11.4. The highest BCUT2D eigenvalue weighted by molar-refractivity contribution is 5.93. The van der Waals surface area contributed by atoms with Crippen molar-refractivity contribution >= 4 is 11.6 Å². The Bertz CT molecular complexity index is 605. The molecule has 1 unspecified atom stereocenters. The quantitative estimate of drug-likeness (QED) is 0.898. The third-order valence-electron chi connectivity index (χ3n) is 3.64. The van der Waals surface area contributed by atoms with Crippen LogP contribution in [0.5, 0.6) is 0 Å². The van der Waals surface area contributed by atoms with E-state index in [1.54, 1.807) is 12.5 Å². The van der Waals surface area contributed by atoms with Gasteiger partial charge in [-0.1, -0.05) is 19.1 Å². The van der Waals surface area contributed by atoms with Gasteiger partial charge in [0, 0.05) is 17.7 Å². The van der Waals surface area contributed by atoms with E-state index in [9.17, 15) is 4.79 Å². The van der Waals surface area contributed by atoms with Crippen molar-refractivity contribution in [2.75, 3.05) is 11.9 Å². The number of hydrogen-bond acceptors (Lipinski definition) is 3. The number of carbonyl (C=O) groups excluding carboxylic acids is 1. The van der Waals surface area contributed by atoms with Crippen molar-refractivity contribution in [3.05, 3.63) is 53.5 Å². The highest BCUT2D eigenvalue weighted by atomic mass is 16.3. The first-order valence-corrected chi connectivity index (χ1v) is 6.96. The number of carbonyl (C=O) groups is 1. The Kier molecular flexibility index (Phi) is 3.56. The molecule has 3 rings (SSSR count). The van der Waals surface area contributed by atoms with E-state index in [0.717, 1.165) is 24.2 Å². The zero-order valence-corrected chi connectivity index (χ0v) is 11.5. The number of aryl methyl sites for hydroxylation is 1. The Morgan fingerprint density at radius 1 is 1.30 bits per heavy atom. The Labute approximate surface area is 118 Å². The molecular formula is C16H18N2O2. The third kappa shape index (κ3) is 2.47. The number of rotatable bonds is 4. The van der Waals surface area contributed by atoms with Gasteiger partial charge in [-0.3, -0.25) is 4.79 Å². The number of benzene rings is 1. The van der Waals surface area contributed by atoms with Crippen molar-refractivity contribution in [2.24, 2.45) is 0 Å². The minimum Gasteiger partial charge on any atom is -0.472 e. The maximum atomic E-state index is 11.4. The predicted molar refractivity (Wildman–Crippen MR) is 77.6 cm³/mol. The molecule has 1 aromatic carbocycles. The molecule has 4 nitrogen and oxygen atoms in total. The monoisotopic (exact) mass is 270 g/mol. The summed E-state index contributed by atoms with van der Waals surface area (Å²) in [4.78, 5) is 11.4. The smallest absolute Gasteiger partial charge is 0.224 e. The average molecular weight is 270 g/mol. The van der Waals surface area contributed by atoms with Gasteiger partial charge in [-0.2, -0.15) is 0 Å². The van der Waals surface area contributed by atoms with Gasteiger partial charge >= 0.3 is 0 Å². The van der Waals surface area contributed by atoms with E-state index in [4.69, 9.17) is 4.42 Å². The van der Waals surface area contributed by atoms with Gasteiger partial charge in [0.2, 0.25) is 5.91 Å². The zero-order chi connectivity index (χ0) is 13.9. The molecule has 20 heavy (non-hydrogen) atoms. The molecule has 0 bridgehead atoms. The summed E-state index contributed by atoms with van der Waals surface area (Å²) in [7, 11) is 0. The Morgan fingerprint density at radius 2 is 2.20 bits per heavy atom. The van der Waals surface area contributed by atoms with E-state index in [2.05, 4.69) is 29.7 Å². The van der Waals surface area contributed by atoms with Gasteiger partial charge in [-0.05, 0) is 36.2 Å². The summed E-state index contributed by atoms with van der Waals surface area (Å²) in [6.07, 6.45) is 4.83. The summed E-state index contributed by atoms with van der Waals surface area (Å²) in [5.74, 6) is 0.100. The Morgan fingerprint density at radius 3 is 2.95 bits per heavy atom. The van der Waals surface area contributed by atoms with Crippen molar-refractivity contribution < 1.29 is 9.21 Å². The van der Waals surface area contributed by atoms with Crippen LogP contribution in [0.25, 0.3) is 0 Å². The third-order valence-corrected chi connectivity index (χ3v) is 3.64. The lowest BCUT2D eigenvalue weighted by atomic mass is 9.95. The van der Waals surface area contributed by atoms with E-state index in [1.165, 1.54) is 11.1 Å². The van der Waals surface area contributed by atoms with Crippen LogP contribution in [0.15, 0.2) is 41.2 Å². The Hall–Kier alpha value is -2.07. The molecule has 1 aromatic heterocycles. The molecule has 2 heterocycles. The fourth-order valence-corrected chi connectivity index (χ4v) is 2.65. The largest absolute Gasteiger partial charge is 0.472 e. The van der Waals surface area contributed by atoms with Crippen molar-refractivity contribution in [2.45, 2.75) is 25.8 Å². The standard InChI is InChI=1S/C16H18N2O2/c1-2-17-16(13-7-8-20-10-13)12-3-5-14-11(9-12)4-6-15(19)18-14/h3,5,7-10,16-17H,2,4,6H2,1H3,(H,18,19). The van der Waals surface area contributed by atoms with Crippen LogP contribution in [0.1, 0.15) is 36.1 Å². The molecule has 104 valence electrons. The molecule has 1 amide bonds. The van der Waals surface area contributed by atoms with Crippen LogP contribution in [-0.2, 0) is 11.2 Å². The summed E-state index contributed by atoms with van der Waals surface area (Å²) in [5.41, 5.74) is 4.45. The summed E-state index contributed by atoms with van der Waals surface area (Å²) in [5, 5.41) is 6.38. The second kappa shape index (κ2) is 5.51. The topological polar surface area (TPSA) is 54.3 Å². The van der Waals surface area contributed by atoms with Crippen LogP contribution < -0.4 is 10.6 Å². The van der Waals surface area contributed by atoms with Gasteiger partial charge in [-0.25, -0.2) is 0 Å². The van der Waals surface area contributed by atoms with Crippen molar-refractivity contribution in [3.63, 3.8) is 0 Å². The molecule has 1 atom stereocenters. The fraction of sp³-hybridized carbons (Fsp3) is 0.312. The molecular weight excluding hydrogens is 252 g/mol. The second-order valence-corrected chi connectivity index (χ2v) is 5.01. The molecule has 0 saturated heterocycles. The molecule has 1 aliphatic rings. The second-order valence-electron chi connectivity index (χ2n) is 5.01. The van der Waals surface area contributed by atoms with Gasteiger partial charge in [-0.15, -0.1) is 0 Å². The summed E-state index contributed by atoms with van der Waals surface area (Å²) in [6.45, 7) is 2.97. The van der Waals surface area contributed by atoms with Crippen molar-refractivity contribution in [1.29, 1.82) is 0 Å². The van der Waals surface area contributed by atoms with E-state index >= 15 is 0 Å². The highest BCUT2D eigenvalue weighted by Crippen LogP contribution is 2.29. The van der Waals surface area contributed by atoms with Crippen LogP contribution in [-0.4, -0.2) is 12.5 Å². The molecule has 0 spiro atoms. The number of anilines is 1. The van der Waals surface area contributed by atoms with Crippen LogP contribution in [0, 0.1) is 0 Å². The Balaban J connectivity index is 1.94. The van der Waals surface area contributed by atoms with E-state index in [-0.39, 0.29) is 11.9 Å². The van der Waals surface area contributed by atoms with Gasteiger partial charge in [0.1, 0.15) is 0 Å². The first kappa shape index (κ1) is 12.9. The van der Waals surface area contributed by atoms with Gasteiger partial charge < -0.3 is 15.1 Å². The molecule has 0 radical (unpaired) electrons. The number of furan rings is 1. The predicted octanol–water partition coefficient (Wildman–Crippen LogP) is 2.86. The van der Waals surface area contributed by atoms with Crippen LogP contribution in [0.3, 0.4) is 0 Å². The lowest BCUT2D eigenvalue weighted by Gasteiger charge is -2.21. The van der Waals surface area contributed by atoms with Gasteiger partial charge in [0.05, 0.1) is 18.6 Å². The first-order valence-electron chi connectivity index (χ1n) is 6.96. The van der Waals surface area contributed by atoms with Crippen LogP contribution in [0.4, 0.5) is 5.69 Å². The van der Waals surface area contributed by atoms with Crippen molar-refractivity contribution in [1.82, 2.24) is 5.32 Å². The lowest BCUT2D eigenvalue weighted by Crippen LogP contribution is -2.23. The van der Waals surface area contributed by atoms with E-state index in [1.807, 2.05) is 12.1 Å². The number of amides is 1. The molecule has 2 aromatic rings. The van der Waals surface area contributed by atoms with E-state index in [0.29, 0.717) is 6.42 Å².